The van der Waals surface area contributed by atoms with Crippen molar-refractivity contribution in [3.63, 3.8) is 0 Å². The molecule has 0 aliphatic rings. The van der Waals surface area contributed by atoms with Gasteiger partial charge in [0.2, 0.25) is 11.0 Å². The molecule has 0 fully saturated rings. The number of benzene rings is 2. The van der Waals surface area contributed by atoms with E-state index in [0.717, 1.165) is 23.5 Å². The van der Waals surface area contributed by atoms with Gasteiger partial charge in [-0.05, 0) is 18.2 Å². The number of nitro groups is 1. The van der Waals surface area contributed by atoms with Crippen molar-refractivity contribution in [3.05, 3.63) is 64.2 Å². The van der Waals surface area contributed by atoms with Gasteiger partial charge in [-0.3, -0.25) is 30.6 Å². The first kappa shape index (κ1) is 22.0. The normalized spacial score (nSPS) is 10.2. The lowest BCUT2D eigenvalue weighted by molar-refractivity contribution is -0.384. The van der Waals surface area contributed by atoms with E-state index in [1.807, 2.05) is 24.3 Å². The molecule has 1 heterocycles. The van der Waals surface area contributed by atoms with Crippen molar-refractivity contribution in [1.82, 2.24) is 21.0 Å². The molecule has 0 aliphatic carbocycles. The molecule has 3 N–H and O–H groups in total. The minimum absolute atomic E-state index is 0.0154. The van der Waals surface area contributed by atoms with Crippen LogP contribution in [0, 0.1) is 10.1 Å². The molecule has 0 saturated heterocycles. The largest absolute Gasteiger partial charge is 0.495 e. The van der Waals surface area contributed by atoms with Gasteiger partial charge in [-0.1, -0.05) is 41.3 Å². The molecule has 13 heteroatoms. The van der Waals surface area contributed by atoms with E-state index in [4.69, 9.17) is 4.74 Å². The number of carbonyl (C=O) groups is 2. The number of hydrogen-bond donors (Lipinski definition) is 3. The Bertz CT molecular complexity index is 1110. The predicted molar refractivity (Wildman–Crippen MR) is 116 cm³/mol. The molecule has 0 unspecified atom stereocenters. The molecule has 0 atom stereocenters. The molecule has 0 bridgehead atoms. The van der Waals surface area contributed by atoms with Crippen molar-refractivity contribution in [1.29, 1.82) is 0 Å². The first-order valence-electron chi connectivity index (χ1n) is 8.66. The van der Waals surface area contributed by atoms with Gasteiger partial charge in [-0.25, -0.2) is 0 Å². The van der Waals surface area contributed by atoms with Crippen LogP contribution in [0.25, 0.3) is 0 Å². The Morgan fingerprint density at radius 1 is 1.16 bits per heavy atom. The Balaban J connectivity index is 1.47. The zero-order valence-electron chi connectivity index (χ0n) is 16.0. The molecule has 2 amide bonds. The van der Waals surface area contributed by atoms with E-state index < -0.39 is 16.7 Å². The summed E-state index contributed by atoms with van der Waals surface area (Å²) in [7, 11) is 1.57. The van der Waals surface area contributed by atoms with Gasteiger partial charge in [-0.2, -0.15) is 0 Å². The number of carbonyl (C=O) groups excluding carboxylic acids is 2. The third kappa shape index (κ3) is 6.13. The number of nitro benzene ring substituents is 1. The number of nitrogens with one attached hydrogen (secondary N) is 3. The lowest BCUT2D eigenvalue weighted by Crippen LogP contribution is -2.42. The molecule has 1 aromatic heterocycles. The van der Waals surface area contributed by atoms with Gasteiger partial charge in [0.1, 0.15) is 5.75 Å². The summed E-state index contributed by atoms with van der Waals surface area (Å²) >= 11 is 2.40. The molecule has 0 aliphatic heterocycles. The number of para-hydroxylation sites is 2. The first-order chi connectivity index (χ1) is 15.0. The van der Waals surface area contributed by atoms with E-state index in [-0.39, 0.29) is 17.0 Å². The summed E-state index contributed by atoms with van der Waals surface area (Å²) in [5, 5.41) is 22.4. The van der Waals surface area contributed by atoms with Crippen LogP contribution >= 0.6 is 23.1 Å². The number of non-ortho nitro benzene ring substituents is 1. The topological polar surface area (TPSA) is 148 Å². The van der Waals surface area contributed by atoms with Crippen molar-refractivity contribution in [3.8, 4) is 5.75 Å². The number of methoxy groups -OCH3 is 1. The molecular weight excluding hydrogens is 444 g/mol. The van der Waals surface area contributed by atoms with E-state index in [1.165, 1.54) is 29.5 Å². The zero-order valence-corrected chi connectivity index (χ0v) is 17.7. The Labute approximate surface area is 184 Å². The lowest BCUT2D eigenvalue weighted by Gasteiger charge is -2.07. The highest BCUT2D eigenvalue weighted by molar-refractivity contribution is 8.01. The number of hydrazine groups is 1. The second kappa shape index (κ2) is 10.4. The number of aromatic nitrogens is 2. The van der Waals surface area contributed by atoms with Gasteiger partial charge >= 0.3 is 0 Å². The molecular formula is C18H16N6O5S2. The van der Waals surface area contributed by atoms with Gasteiger partial charge in [0.05, 0.1) is 23.5 Å². The van der Waals surface area contributed by atoms with Gasteiger partial charge in [0.25, 0.3) is 11.6 Å². The van der Waals surface area contributed by atoms with Crippen molar-refractivity contribution >= 4 is 51.4 Å². The average molecular weight is 460 g/mol. The Hall–Kier alpha value is -3.71. The minimum Gasteiger partial charge on any atom is -0.495 e. The summed E-state index contributed by atoms with van der Waals surface area (Å²) in [6.07, 6.45) is 0. The number of thioether (sulfide) groups is 1. The van der Waals surface area contributed by atoms with E-state index in [9.17, 15) is 19.7 Å². The third-order valence-electron chi connectivity index (χ3n) is 3.72. The third-order valence-corrected chi connectivity index (χ3v) is 5.69. The van der Waals surface area contributed by atoms with Crippen LogP contribution in [0.15, 0.2) is 52.9 Å². The van der Waals surface area contributed by atoms with Crippen LogP contribution in [0.4, 0.5) is 16.5 Å². The highest BCUT2D eigenvalue weighted by Crippen LogP contribution is 2.31. The standard InChI is InChI=1S/C18H16N6O5S2/c1-29-14-8-3-2-7-13(14)19-17-22-23-18(31-17)30-10-15(25)20-21-16(26)11-5-4-6-12(9-11)24(27)28/h2-9H,10H2,1H3,(H,19,22)(H,20,25)(H,21,26). The molecule has 3 aromatic rings. The molecule has 0 saturated carbocycles. The van der Waals surface area contributed by atoms with Gasteiger partial charge in [0, 0.05) is 17.7 Å². The van der Waals surface area contributed by atoms with Gasteiger partial charge in [-0.15, -0.1) is 10.2 Å². The van der Waals surface area contributed by atoms with Crippen LogP contribution < -0.4 is 20.9 Å². The minimum atomic E-state index is -0.666. The van der Waals surface area contributed by atoms with E-state index in [0.29, 0.717) is 15.2 Å². The highest BCUT2D eigenvalue weighted by atomic mass is 32.2. The smallest absolute Gasteiger partial charge is 0.270 e. The molecule has 0 spiro atoms. The maximum Gasteiger partial charge on any atom is 0.270 e. The summed E-state index contributed by atoms with van der Waals surface area (Å²) in [6, 6.07) is 12.5. The summed E-state index contributed by atoms with van der Waals surface area (Å²) in [4.78, 5) is 34.2. The number of anilines is 2. The fraction of sp³-hybridized carbons (Fsp3) is 0.111. The second-order valence-corrected chi connectivity index (χ2v) is 8.00. The van der Waals surface area contributed by atoms with E-state index >= 15 is 0 Å². The van der Waals surface area contributed by atoms with Gasteiger partial charge < -0.3 is 10.1 Å². The zero-order chi connectivity index (χ0) is 22.2. The fourth-order valence-electron chi connectivity index (χ4n) is 2.30. The Morgan fingerprint density at radius 2 is 1.97 bits per heavy atom. The number of hydrogen-bond acceptors (Lipinski definition) is 10. The molecule has 160 valence electrons. The SMILES string of the molecule is COc1ccccc1Nc1nnc(SCC(=O)NNC(=O)c2cccc([N+](=O)[O-])c2)s1. The van der Waals surface area contributed by atoms with Crippen molar-refractivity contribution < 1.29 is 19.2 Å². The maximum absolute atomic E-state index is 12.0. The number of nitrogens with zero attached hydrogens (tertiary/aromatic N) is 3. The van der Waals surface area contributed by atoms with E-state index in [2.05, 4.69) is 26.4 Å². The molecule has 3 rings (SSSR count). The molecule has 0 radical (unpaired) electrons. The van der Waals surface area contributed by atoms with Crippen LogP contribution in [-0.2, 0) is 4.79 Å². The second-order valence-electron chi connectivity index (χ2n) is 5.80. The fourth-order valence-corrected chi connectivity index (χ4v) is 3.87. The van der Waals surface area contributed by atoms with Crippen molar-refractivity contribution in [2.45, 2.75) is 4.34 Å². The highest BCUT2D eigenvalue weighted by Gasteiger charge is 2.13. The maximum atomic E-state index is 12.0. The summed E-state index contributed by atoms with van der Waals surface area (Å²) in [5.41, 5.74) is 5.05. The van der Waals surface area contributed by atoms with Crippen LogP contribution in [0.1, 0.15) is 10.4 Å². The molecule has 31 heavy (non-hydrogen) atoms. The molecule has 2 aromatic carbocycles. The van der Waals surface area contributed by atoms with E-state index in [1.54, 1.807) is 7.11 Å². The lowest BCUT2D eigenvalue weighted by atomic mass is 10.2. The quantitative estimate of drug-likeness (QED) is 0.262. The predicted octanol–water partition coefficient (Wildman–Crippen LogP) is 2.75. The monoisotopic (exact) mass is 460 g/mol. The summed E-state index contributed by atoms with van der Waals surface area (Å²) in [6.45, 7) is 0. The number of rotatable bonds is 8. The van der Waals surface area contributed by atoms with Gasteiger partial charge in [0.15, 0.2) is 4.34 Å². The average Bonchev–Trinajstić information content (AvgIpc) is 3.23. The van der Waals surface area contributed by atoms with Crippen LogP contribution in [0.5, 0.6) is 5.75 Å². The summed E-state index contributed by atoms with van der Waals surface area (Å²) < 4.78 is 5.82. The number of amides is 2. The Morgan fingerprint density at radius 3 is 2.74 bits per heavy atom. The Kier molecular flexibility index (Phi) is 7.35. The van der Waals surface area contributed by atoms with Crippen LogP contribution in [0.2, 0.25) is 0 Å². The van der Waals surface area contributed by atoms with Crippen molar-refractivity contribution in [2.24, 2.45) is 0 Å². The summed E-state index contributed by atoms with van der Waals surface area (Å²) in [5.74, 6) is -0.497. The molecule has 11 nitrogen and oxygen atoms in total. The van der Waals surface area contributed by atoms with Crippen molar-refractivity contribution in [2.75, 3.05) is 18.2 Å². The van der Waals surface area contributed by atoms with Crippen LogP contribution in [-0.4, -0.2) is 39.8 Å². The number of ether oxygens (including phenoxy) is 1. The first-order valence-corrected chi connectivity index (χ1v) is 10.5. The van der Waals surface area contributed by atoms with Crippen LogP contribution in [0.3, 0.4) is 0 Å².